The number of amides is 2. The number of nitrogens with one attached hydrogen (secondary N) is 2. The number of benzene rings is 1. The molecule has 0 atom stereocenters. The van der Waals surface area contributed by atoms with E-state index >= 15 is 0 Å². The molecule has 2 amide bonds. The van der Waals surface area contributed by atoms with Crippen LogP contribution in [0.1, 0.15) is 29.3 Å². The molecule has 0 saturated heterocycles. The summed E-state index contributed by atoms with van der Waals surface area (Å²) in [4.78, 5) is 23.0. The van der Waals surface area contributed by atoms with E-state index in [1.165, 1.54) is 0 Å². The molecule has 5 heteroatoms. The normalized spacial score (nSPS) is 9.94. The van der Waals surface area contributed by atoms with Crippen molar-refractivity contribution in [3.63, 3.8) is 0 Å². The minimum atomic E-state index is -0.175. The lowest BCUT2D eigenvalue weighted by Gasteiger charge is -2.07. The molecule has 0 spiro atoms. The molecular formula is C13H17BrN2O2. The lowest BCUT2D eigenvalue weighted by atomic mass is 10.1. The maximum absolute atomic E-state index is 11.8. The first-order valence-electron chi connectivity index (χ1n) is 5.85. The smallest absolute Gasteiger partial charge is 0.252 e. The Morgan fingerprint density at radius 1 is 1.28 bits per heavy atom. The first-order chi connectivity index (χ1) is 8.54. The second-order valence-corrected chi connectivity index (χ2v) is 4.80. The van der Waals surface area contributed by atoms with Crippen LogP contribution in [0.3, 0.4) is 0 Å². The molecule has 1 aromatic rings. The molecule has 0 saturated carbocycles. The van der Waals surface area contributed by atoms with Crippen LogP contribution in [0.5, 0.6) is 0 Å². The Morgan fingerprint density at radius 3 is 2.61 bits per heavy atom. The molecule has 0 aliphatic heterocycles. The Bertz CT molecular complexity index is 447. The van der Waals surface area contributed by atoms with Crippen molar-refractivity contribution in [1.29, 1.82) is 0 Å². The van der Waals surface area contributed by atoms with Gasteiger partial charge in [0.25, 0.3) is 5.91 Å². The Morgan fingerprint density at radius 2 is 2.00 bits per heavy atom. The highest BCUT2D eigenvalue weighted by atomic mass is 79.9. The van der Waals surface area contributed by atoms with Gasteiger partial charge in [-0.3, -0.25) is 9.59 Å². The molecule has 0 heterocycles. The predicted octanol–water partition coefficient (Wildman–Crippen LogP) is 2.01. The average Bonchev–Trinajstić information content (AvgIpc) is 2.29. The fourth-order valence-electron chi connectivity index (χ4n) is 1.47. The zero-order valence-electron chi connectivity index (χ0n) is 10.5. The third kappa shape index (κ3) is 4.49. The maximum atomic E-state index is 11.8. The summed E-state index contributed by atoms with van der Waals surface area (Å²) in [5, 5.41) is 5.40. The van der Waals surface area contributed by atoms with E-state index in [2.05, 4.69) is 26.6 Å². The van der Waals surface area contributed by atoms with Crippen LogP contribution < -0.4 is 10.6 Å². The second kappa shape index (κ2) is 7.16. The molecule has 0 fully saturated rings. The summed E-state index contributed by atoms with van der Waals surface area (Å²) >= 11 is 3.35. The van der Waals surface area contributed by atoms with E-state index in [1.807, 2.05) is 26.0 Å². The minimum Gasteiger partial charge on any atom is -0.356 e. The lowest BCUT2D eigenvalue weighted by Crippen LogP contribution is -2.30. The van der Waals surface area contributed by atoms with Crippen LogP contribution >= 0.6 is 15.9 Å². The topological polar surface area (TPSA) is 58.2 Å². The van der Waals surface area contributed by atoms with Crippen molar-refractivity contribution in [3.8, 4) is 0 Å². The number of carbonyl (C=O) groups excluding carboxylic acids is 2. The van der Waals surface area contributed by atoms with Crippen molar-refractivity contribution in [3.05, 3.63) is 33.8 Å². The van der Waals surface area contributed by atoms with Crippen molar-refractivity contribution in [2.45, 2.75) is 20.3 Å². The van der Waals surface area contributed by atoms with Gasteiger partial charge in [-0.2, -0.15) is 0 Å². The highest BCUT2D eigenvalue weighted by Gasteiger charge is 2.09. The van der Waals surface area contributed by atoms with Gasteiger partial charge in [0, 0.05) is 24.0 Å². The molecule has 0 aromatic heterocycles. The van der Waals surface area contributed by atoms with E-state index < -0.39 is 0 Å². The van der Waals surface area contributed by atoms with E-state index in [0.717, 1.165) is 10.0 Å². The van der Waals surface area contributed by atoms with Crippen LogP contribution in [0, 0.1) is 6.92 Å². The van der Waals surface area contributed by atoms with Gasteiger partial charge in [0.1, 0.15) is 0 Å². The Balaban J connectivity index is 2.48. The Labute approximate surface area is 115 Å². The molecule has 0 radical (unpaired) electrons. The summed E-state index contributed by atoms with van der Waals surface area (Å²) in [7, 11) is 0. The third-order valence-corrected chi connectivity index (χ3v) is 3.04. The number of hydrogen-bond acceptors (Lipinski definition) is 2. The van der Waals surface area contributed by atoms with Crippen molar-refractivity contribution in [1.82, 2.24) is 10.6 Å². The molecule has 0 aliphatic rings. The zero-order valence-corrected chi connectivity index (χ0v) is 12.1. The summed E-state index contributed by atoms with van der Waals surface area (Å²) in [6.07, 6.45) is 0.295. The van der Waals surface area contributed by atoms with Gasteiger partial charge >= 0.3 is 0 Å². The predicted molar refractivity (Wildman–Crippen MR) is 74.5 cm³/mol. The fraction of sp³-hybridized carbons (Fsp3) is 0.385. The van der Waals surface area contributed by atoms with Crippen LogP contribution in [0.15, 0.2) is 22.7 Å². The van der Waals surface area contributed by atoms with Crippen molar-refractivity contribution < 1.29 is 9.59 Å². The van der Waals surface area contributed by atoms with E-state index in [1.54, 1.807) is 6.07 Å². The third-order valence-electron chi connectivity index (χ3n) is 2.38. The summed E-state index contributed by atoms with van der Waals surface area (Å²) in [6, 6.07) is 5.53. The standard InChI is InChI=1S/C13H17BrN2O2/c1-3-15-12(17)6-7-16-13(18)10-5-4-9(2)8-11(10)14/h4-5,8H,3,6-7H2,1-2H3,(H,15,17)(H,16,18). The monoisotopic (exact) mass is 312 g/mol. The number of carbonyl (C=O) groups is 2. The van der Waals surface area contributed by atoms with E-state index in [-0.39, 0.29) is 11.8 Å². The van der Waals surface area contributed by atoms with Gasteiger partial charge in [-0.05, 0) is 47.5 Å². The van der Waals surface area contributed by atoms with E-state index in [0.29, 0.717) is 25.1 Å². The van der Waals surface area contributed by atoms with Gasteiger partial charge in [-0.1, -0.05) is 6.07 Å². The van der Waals surface area contributed by atoms with Crippen molar-refractivity contribution in [2.24, 2.45) is 0 Å². The lowest BCUT2D eigenvalue weighted by molar-refractivity contribution is -0.120. The zero-order chi connectivity index (χ0) is 13.5. The molecule has 1 aromatic carbocycles. The molecular weight excluding hydrogens is 296 g/mol. The van der Waals surface area contributed by atoms with E-state index in [4.69, 9.17) is 0 Å². The quantitative estimate of drug-likeness (QED) is 0.874. The highest BCUT2D eigenvalue weighted by molar-refractivity contribution is 9.10. The van der Waals surface area contributed by atoms with Crippen LogP contribution in [0.4, 0.5) is 0 Å². The number of rotatable bonds is 5. The highest BCUT2D eigenvalue weighted by Crippen LogP contribution is 2.18. The molecule has 0 bridgehead atoms. The van der Waals surface area contributed by atoms with Gasteiger partial charge in [0.15, 0.2) is 0 Å². The van der Waals surface area contributed by atoms with Crippen LogP contribution in [0.25, 0.3) is 0 Å². The van der Waals surface area contributed by atoms with Gasteiger partial charge in [0.05, 0.1) is 5.56 Å². The van der Waals surface area contributed by atoms with Crippen molar-refractivity contribution >= 4 is 27.7 Å². The molecule has 0 unspecified atom stereocenters. The minimum absolute atomic E-state index is 0.0548. The van der Waals surface area contributed by atoms with Gasteiger partial charge in [-0.25, -0.2) is 0 Å². The number of hydrogen-bond donors (Lipinski definition) is 2. The average molecular weight is 313 g/mol. The van der Waals surface area contributed by atoms with Gasteiger partial charge < -0.3 is 10.6 Å². The molecule has 0 aliphatic carbocycles. The SMILES string of the molecule is CCNC(=O)CCNC(=O)c1ccc(C)cc1Br. The van der Waals surface area contributed by atoms with Crippen LogP contribution in [-0.2, 0) is 4.79 Å². The molecule has 1 rings (SSSR count). The molecule has 4 nitrogen and oxygen atoms in total. The van der Waals surface area contributed by atoms with Gasteiger partial charge in [-0.15, -0.1) is 0 Å². The Kier molecular flexibility index (Phi) is 5.85. The summed E-state index contributed by atoms with van der Waals surface area (Å²) < 4.78 is 0.762. The van der Waals surface area contributed by atoms with E-state index in [9.17, 15) is 9.59 Å². The van der Waals surface area contributed by atoms with Gasteiger partial charge in [0.2, 0.25) is 5.91 Å². The molecule has 18 heavy (non-hydrogen) atoms. The molecule has 98 valence electrons. The Hall–Kier alpha value is -1.36. The largest absolute Gasteiger partial charge is 0.356 e. The van der Waals surface area contributed by atoms with Crippen molar-refractivity contribution in [2.75, 3.05) is 13.1 Å². The van der Waals surface area contributed by atoms with Crippen LogP contribution in [0.2, 0.25) is 0 Å². The summed E-state index contributed by atoms with van der Waals surface area (Å²) in [6.45, 7) is 4.77. The molecule has 2 N–H and O–H groups in total. The fourth-order valence-corrected chi connectivity index (χ4v) is 2.15. The summed E-state index contributed by atoms with van der Waals surface area (Å²) in [5.41, 5.74) is 1.66. The summed E-state index contributed by atoms with van der Waals surface area (Å²) in [5.74, 6) is -0.230. The first kappa shape index (κ1) is 14.7. The maximum Gasteiger partial charge on any atom is 0.252 e. The number of halogens is 1. The first-order valence-corrected chi connectivity index (χ1v) is 6.65. The van der Waals surface area contributed by atoms with Crippen LogP contribution in [-0.4, -0.2) is 24.9 Å². The number of aryl methyl sites for hydroxylation is 1. The second-order valence-electron chi connectivity index (χ2n) is 3.94.